The minimum atomic E-state index is 0.138. The zero-order chi connectivity index (χ0) is 12.1. The zero-order valence-corrected chi connectivity index (χ0v) is 11.3. The molecule has 2 N–H and O–H groups in total. The molecule has 0 aliphatic carbocycles. The van der Waals surface area contributed by atoms with Crippen LogP contribution in [-0.4, -0.2) is 19.0 Å². The highest BCUT2D eigenvalue weighted by Gasteiger charge is 2.20. The molecule has 0 saturated carbocycles. The molecule has 1 atom stereocenters. The summed E-state index contributed by atoms with van der Waals surface area (Å²) in [6.45, 7) is 2.46. The Kier molecular flexibility index (Phi) is 4.57. The van der Waals surface area contributed by atoms with Crippen molar-refractivity contribution >= 4 is 21.8 Å². The highest BCUT2D eigenvalue weighted by molar-refractivity contribution is 9.10. The Balaban J connectivity index is 1.81. The summed E-state index contributed by atoms with van der Waals surface area (Å²) in [6.07, 6.45) is 2.09. The van der Waals surface area contributed by atoms with E-state index in [0.29, 0.717) is 6.54 Å². The monoisotopic (exact) mass is 296 g/mol. The molecule has 17 heavy (non-hydrogen) atoms. The van der Waals surface area contributed by atoms with Gasteiger partial charge < -0.3 is 10.6 Å². The van der Waals surface area contributed by atoms with E-state index in [1.807, 2.05) is 24.3 Å². The summed E-state index contributed by atoms with van der Waals surface area (Å²) in [5.41, 5.74) is 1.13. The Morgan fingerprint density at radius 3 is 2.82 bits per heavy atom. The molecule has 4 heteroatoms. The number of hydrogen-bond donors (Lipinski definition) is 2. The Hall–Kier alpha value is -0.870. The first kappa shape index (κ1) is 12.6. The van der Waals surface area contributed by atoms with Gasteiger partial charge >= 0.3 is 0 Å². The van der Waals surface area contributed by atoms with Gasteiger partial charge in [-0.25, -0.2) is 0 Å². The number of benzene rings is 1. The van der Waals surface area contributed by atoms with Crippen LogP contribution in [0.4, 0.5) is 0 Å². The number of rotatable bonds is 3. The third-order valence-corrected chi connectivity index (χ3v) is 3.58. The Bertz CT molecular complexity index is 372. The molecule has 0 bridgehead atoms. The smallest absolute Gasteiger partial charge is 0.224 e. The Labute approximate surface area is 110 Å². The van der Waals surface area contributed by atoms with Crippen molar-refractivity contribution in [1.82, 2.24) is 10.6 Å². The average Bonchev–Trinajstić information content (AvgIpc) is 2.39. The summed E-state index contributed by atoms with van der Waals surface area (Å²) in [6, 6.07) is 8.01. The van der Waals surface area contributed by atoms with E-state index >= 15 is 0 Å². The molecule has 1 aromatic carbocycles. The van der Waals surface area contributed by atoms with E-state index in [-0.39, 0.29) is 11.8 Å². The van der Waals surface area contributed by atoms with Gasteiger partial charge in [0.25, 0.3) is 0 Å². The SMILES string of the molecule is O=C(NCc1ccc(Br)cc1)C1CCCNC1. The van der Waals surface area contributed by atoms with Crippen LogP contribution in [0.1, 0.15) is 18.4 Å². The van der Waals surface area contributed by atoms with Gasteiger partial charge in [0.2, 0.25) is 5.91 Å². The van der Waals surface area contributed by atoms with Crippen molar-refractivity contribution in [3.8, 4) is 0 Å². The van der Waals surface area contributed by atoms with Gasteiger partial charge in [-0.05, 0) is 37.1 Å². The quantitative estimate of drug-likeness (QED) is 0.896. The van der Waals surface area contributed by atoms with E-state index in [1.54, 1.807) is 0 Å². The summed E-state index contributed by atoms with van der Waals surface area (Å²) in [7, 11) is 0. The highest BCUT2D eigenvalue weighted by Crippen LogP contribution is 2.12. The molecule has 1 amide bonds. The standard InChI is InChI=1S/C13H17BrN2O/c14-12-5-3-10(4-6-12)8-16-13(17)11-2-1-7-15-9-11/h3-6,11,15H,1-2,7-9H2,(H,16,17). The van der Waals surface area contributed by atoms with Crippen LogP contribution in [0.25, 0.3) is 0 Å². The van der Waals surface area contributed by atoms with E-state index < -0.39 is 0 Å². The normalized spacial score (nSPS) is 19.9. The maximum Gasteiger partial charge on any atom is 0.224 e. The largest absolute Gasteiger partial charge is 0.352 e. The van der Waals surface area contributed by atoms with Crippen LogP contribution in [-0.2, 0) is 11.3 Å². The molecule has 92 valence electrons. The highest BCUT2D eigenvalue weighted by atomic mass is 79.9. The van der Waals surface area contributed by atoms with Crippen LogP contribution in [0.2, 0.25) is 0 Å². The second-order valence-electron chi connectivity index (χ2n) is 4.39. The van der Waals surface area contributed by atoms with Crippen molar-refractivity contribution in [3.63, 3.8) is 0 Å². The van der Waals surface area contributed by atoms with E-state index in [9.17, 15) is 4.79 Å². The third kappa shape index (κ3) is 3.82. The fourth-order valence-electron chi connectivity index (χ4n) is 2.01. The zero-order valence-electron chi connectivity index (χ0n) is 9.71. The number of piperidine rings is 1. The first-order valence-electron chi connectivity index (χ1n) is 5.98. The molecule has 0 aromatic heterocycles. The molecule has 1 fully saturated rings. The Morgan fingerprint density at radius 2 is 2.18 bits per heavy atom. The summed E-state index contributed by atoms with van der Waals surface area (Å²) in [4.78, 5) is 11.9. The maximum absolute atomic E-state index is 11.9. The van der Waals surface area contributed by atoms with Crippen molar-refractivity contribution in [1.29, 1.82) is 0 Å². The van der Waals surface area contributed by atoms with Gasteiger partial charge in [-0.1, -0.05) is 28.1 Å². The van der Waals surface area contributed by atoms with E-state index in [2.05, 4.69) is 26.6 Å². The lowest BCUT2D eigenvalue weighted by atomic mass is 9.99. The summed E-state index contributed by atoms with van der Waals surface area (Å²) >= 11 is 3.39. The van der Waals surface area contributed by atoms with E-state index in [4.69, 9.17) is 0 Å². The van der Waals surface area contributed by atoms with Crippen molar-refractivity contribution < 1.29 is 4.79 Å². The van der Waals surface area contributed by atoms with Crippen LogP contribution in [0, 0.1) is 5.92 Å². The second kappa shape index (κ2) is 6.17. The van der Waals surface area contributed by atoms with Gasteiger partial charge in [-0.3, -0.25) is 4.79 Å². The lowest BCUT2D eigenvalue weighted by Gasteiger charge is -2.21. The van der Waals surface area contributed by atoms with Gasteiger partial charge in [0.05, 0.1) is 5.92 Å². The molecule has 1 aliphatic rings. The molecule has 1 saturated heterocycles. The molecule has 1 heterocycles. The fraction of sp³-hybridized carbons (Fsp3) is 0.462. The van der Waals surface area contributed by atoms with Gasteiger partial charge in [0.15, 0.2) is 0 Å². The number of carbonyl (C=O) groups is 1. The minimum Gasteiger partial charge on any atom is -0.352 e. The number of amides is 1. The van der Waals surface area contributed by atoms with Gasteiger partial charge in [-0.2, -0.15) is 0 Å². The van der Waals surface area contributed by atoms with Crippen LogP contribution < -0.4 is 10.6 Å². The van der Waals surface area contributed by atoms with Crippen LogP contribution >= 0.6 is 15.9 Å². The molecule has 0 spiro atoms. The number of carbonyl (C=O) groups excluding carboxylic acids is 1. The van der Waals surface area contributed by atoms with E-state index in [0.717, 1.165) is 36.0 Å². The predicted octanol–water partition coefficient (Wildman–Crippen LogP) is 2.06. The average molecular weight is 297 g/mol. The summed E-state index contributed by atoms with van der Waals surface area (Å²) in [5.74, 6) is 0.305. The topological polar surface area (TPSA) is 41.1 Å². The van der Waals surface area contributed by atoms with Crippen molar-refractivity contribution in [2.45, 2.75) is 19.4 Å². The van der Waals surface area contributed by atoms with Gasteiger partial charge in [-0.15, -0.1) is 0 Å². The first-order valence-corrected chi connectivity index (χ1v) is 6.78. The molecule has 3 nitrogen and oxygen atoms in total. The first-order chi connectivity index (χ1) is 8.25. The van der Waals surface area contributed by atoms with Gasteiger partial charge in [0.1, 0.15) is 0 Å². The molecule has 0 radical (unpaired) electrons. The van der Waals surface area contributed by atoms with E-state index in [1.165, 1.54) is 0 Å². The maximum atomic E-state index is 11.9. The second-order valence-corrected chi connectivity index (χ2v) is 5.30. The van der Waals surface area contributed by atoms with Crippen LogP contribution in [0.3, 0.4) is 0 Å². The molecule has 1 aromatic rings. The molecule has 1 unspecified atom stereocenters. The molecular formula is C13H17BrN2O. The van der Waals surface area contributed by atoms with Crippen LogP contribution in [0.15, 0.2) is 28.7 Å². The predicted molar refractivity (Wildman–Crippen MR) is 71.6 cm³/mol. The lowest BCUT2D eigenvalue weighted by molar-refractivity contribution is -0.125. The summed E-state index contributed by atoms with van der Waals surface area (Å²) < 4.78 is 1.06. The Morgan fingerprint density at radius 1 is 1.41 bits per heavy atom. The minimum absolute atomic E-state index is 0.138. The third-order valence-electron chi connectivity index (χ3n) is 3.05. The van der Waals surface area contributed by atoms with Crippen molar-refractivity contribution in [2.75, 3.05) is 13.1 Å². The van der Waals surface area contributed by atoms with Crippen molar-refractivity contribution in [3.05, 3.63) is 34.3 Å². The summed E-state index contributed by atoms with van der Waals surface area (Å²) in [5, 5.41) is 6.25. The van der Waals surface area contributed by atoms with Crippen molar-refractivity contribution in [2.24, 2.45) is 5.92 Å². The van der Waals surface area contributed by atoms with Crippen LogP contribution in [0.5, 0.6) is 0 Å². The molecule has 1 aliphatic heterocycles. The number of nitrogens with one attached hydrogen (secondary N) is 2. The lowest BCUT2D eigenvalue weighted by Crippen LogP contribution is -2.40. The number of hydrogen-bond acceptors (Lipinski definition) is 2. The molecular weight excluding hydrogens is 280 g/mol. The number of halogens is 1. The fourth-order valence-corrected chi connectivity index (χ4v) is 2.28. The van der Waals surface area contributed by atoms with Gasteiger partial charge in [0, 0.05) is 17.6 Å². The molecule has 2 rings (SSSR count).